The van der Waals surface area contributed by atoms with E-state index in [9.17, 15) is 19.6 Å². The Hall–Kier alpha value is -3.32. The average Bonchev–Trinajstić information content (AvgIpc) is 3.36. The summed E-state index contributed by atoms with van der Waals surface area (Å²) in [5.74, 6) is -0.695. The maximum absolute atomic E-state index is 13.0. The van der Waals surface area contributed by atoms with Crippen LogP contribution in [0.4, 0.5) is 0 Å². The van der Waals surface area contributed by atoms with Gasteiger partial charge in [-0.3, -0.25) is 14.4 Å². The van der Waals surface area contributed by atoms with E-state index in [2.05, 4.69) is 32.0 Å². The van der Waals surface area contributed by atoms with Gasteiger partial charge in [0, 0.05) is 17.8 Å². The fraction of sp³-hybridized carbons (Fsp3) is 0.500. The van der Waals surface area contributed by atoms with Crippen molar-refractivity contribution in [2.45, 2.75) is 44.2 Å². The highest BCUT2D eigenvalue weighted by Gasteiger charge is 2.33. The fourth-order valence-corrected chi connectivity index (χ4v) is 4.32. The van der Waals surface area contributed by atoms with E-state index in [4.69, 9.17) is 16.3 Å². The number of H-pyrrole nitrogens is 1. The molecule has 3 atom stereocenters. The first kappa shape index (κ1) is 22.9. The van der Waals surface area contributed by atoms with Gasteiger partial charge in [0.25, 0.3) is 5.91 Å². The number of fused-ring (bicyclic) bond motifs is 1. The van der Waals surface area contributed by atoms with Gasteiger partial charge in [-0.15, -0.1) is 0 Å². The first-order chi connectivity index (χ1) is 15.9. The summed E-state index contributed by atoms with van der Waals surface area (Å²) in [6.45, 7) is 0.575. The lowest BCUT2D eigenvalue weighted by molar-refractivity contribution is -0.125. The van der Waals surface area contributed by atoms with Crippen molar-refractivity contribution in [2.24, 2.45) is 11.8 Å². The zero-order valence-electron chi connectivity index (χ0n) is 18.1. The molecule has 1 aliphatic heterocycles. The SMILES string of the molecule is COc1ncc2[nH]c(C(=O)N[C@@H](CC3CC3)C(=O)N[C@H](C#N)C[C@@H]3CCNC3=O)cc2c1Cl. The van der Waals surface area contributed by atoms with Crippen molar-refractivity contribution >= 4 is 40.2 Å². The molecule has 3 amide bonds. The minimum absolute atomic E-state index is 0.101. The molecule has 2 aliphatic rings. The Morgan fingerprint density at radius 1 is 1.33 bits per heavy atom. The number of hydrogen-bond donors (Lipinski definition) is 4. The predicted molar refractivity (Wildman–Crippen MR) is 120 cm³/mol. The molecule has 1 aliphatic carbocycles. The van der Waals surface area contributed by atoms with Gasteiger partial charge in [-0.1, -0.05) is 24.4 Å². The van der Waals surface area contributed by atoms with Gasteiger partial charge < -0.3 is 25.7 Å². The molecule has 0 spiro atoms. The Morgan fingerprint density at radius 3 is 2.76 bits per heavy atom. The molecule has 0 radical (unpaired) electrons. The zero-order chi connectivity index (χ0) is 23.5. The normalized spacial score (nSPS) is 19.4. The van der Waals surface area contributed by atoms with Gasteiger partial charge in [0.1, 0.15) is 22.8 Å². The highest BCUT2D eigenvalue weighted by atomic mass is 35.5. The molecule has 0 bridgehead atoms. The van der Waals surface area contributed by atoms with Gasteiger partial charge in [-0.25, -0.2) is 4.98 Å². The molecule has 1 saturated carbocycles. The van der Waals surface area contributed by atoms with E-state index in [-0.39, 0.29) is 34.8 Å². The summed E-state index contributed by atoms with van der Waals surface area (Å²) in [5, 5.41) is 18.6. The standard InChI is InChI=1S/C22H25ClN6O4/c1-33-22-18(23)14-8-16(28-17(14)10-26-22)21(32)29-15(6-11-2-3-11)20(31)27-13(9-24)7-12-4-5-25-19(12)30/h8,10-13,15,28H,2-7H2,1H3,(H,25,30)(H,27,31)(H,29,32)/t12-,13-,15-/m0/s1. The minimum atomic E-state index is -0.810. The van der Waals surface area contributed by atoms with Crippen LogP contribution in [-0.4, -0.2) is 53.4 Å². The number of aromatic nitrogens is 2. The number of nitrogens with zero attached hydrogens (tertiary/aromatic N) is 2. The summed E-state index contributed by atoms with van der Waals surface area (Å²) in [4.78, 5) is 44.8. The molecule has 0 unspecified atom stereocenters. The highest BCUT2D eigenvalue weighted by molar-refractivity contribution is 6.36. The van der Waals surface area contributed by atoms with Crippen LogP contribution in [0.15, 0.2) is 12.3 Å². The smallest absolute Gasteiger partial charge is 0.268 e. The second-order valence-electron chi connectivity index (χ2n) is 8.50. The Kier molecular flexibility index (Phi) is 6.70. The monoisotopic (exact) mass is 472 g/mol. The number of carbonyl (C=O) groups is 3. The van der Waals surface area contributed by atoms with E-state index in [0.29, 0.717) is 36.2 Å². The molecule has 2 fully saturated rings. The Bertz CT molecular complexity index is 1120. The number of ether oxygens (including phenoxy) is 1. The van der Waals surface area contributed by atoms with Crippen molar-refractivity contribution in [3.63, 3.8) is 0 Å². The van der Waals surface area contributed by atoms with Crippen LogP contribution >= 0.6 is 11.6 Å². The van der Waals surface area contributed by atoms with Crippen LogP contribution in [0, 0.1) is 23.2 Å². The average molecular weight is 473 g/mol. The van der Waals surface area contributed by atoms with Crippen molar-refractivity contribution in [3.05, 3.63) is 23.0 Å². The summed E-state index contributed by atoms with van der Waals surface area (Å²) < 4.78 is 5.11. The third kappa shape index (κ3) is 5.20. The van der Waals surface area contributed by atoms with Crippen LogP contribution in [0.2, 0.25) is 5.02 Å². The largest absolute Gasteiger partial charge is 0.480 e. The number of halogens is 1. The van der Waals surface area contributed by atoms with Crippen LogP contribution in [0.5, 0.6) is 5.88 Å². The van der Waals surface area contributed by atoms with Gasteiger partial charge in [-0.2, -0.15) is 5.26 Å². The van der Waals surface area contributed by atoms with Crippen LogP contribution in [0.25, 0.3) is 10.9 Å². The Morgan fingerprint density at radius 2 is 2.12 bits per heavy atom. The number of nitriles is 1. The van der Waals surface area contributed by atoms with Crippen molar-refractivity contribution in [2.75, 3.05) is 13.7 Å². The first-order valence-electron chi connectivity index (χ1n) is 10.9. The van der Waals surface area contributed by atoms with Crippen molar-refractivity contribution in [1.82, 2.24) is 25.9 Å². The lowest BCUT2D eigenvalue weighted by Crippen LogP contribution is -2.50. The third-order valence-electron chi connectivity index (χ3n) is 6.06. The summed E-state index contributed by atoms with van der Waals surface area (Å²) in [6, 6.07) is 2.03. The molecule has 0 aromatic carbocycles. The number of methoxy groups -OCH3 is 1. The number of amides is 3. The number of rotatable bonds is 9. The van der Waals surface area contributed by atoms with E-state index in [0.717, 1.165) is 12.8 Å². The minimum Gasteiger partial charge on any atom is -0.480 e. The summed E-state index contributed by atoms with van der Waals surface area (Å²) in [6.07, 6.45) is 4.87. The predicted octanol–water partition coefficient (Wildman–Crippen LogP) is 1.66. The maximum atomic E-state index is 13.0. The molecule has 174 valence electrons. The molecule has 10 nitrogen and oxygen atoms in total. The lowest BCUT2D eigenvalue weighted by Gasteiger charge is -2.21. The maximum Gasteiger partial charge on any atom is 0.268 e. The quantitative estimate of drug-likeness (QED) is 0.436. The van der Waals surface area contributed by atoms with Gasteiger partial charge >= 0.3 is 0 Å². The van der Waals surface area contributed by atoms with Crippen LogP contribution in [0.1, 0.15) is 42.6 Å². The molecule has 4 N–H and O–H groups in total. The van der Waals surface area contributed by atoms with Gasteiger partial charge in [0.15, 0.2) is 0 Å². The number of pyridine rings is 1. The van der Waals surface area contributed by atoms with Gasteiger partial charge in [0.05, 0.1) is 24.9 Å². The van der Waals surface area contributed by atoms with Crippen molar-refractivity contribution in [3.8, 4) is 11.9 Å². The van der Waals surface area contributed by atoms with Gasteiger partial charge in [-0.05, 0) is 31.2 Å². The van der Waals surface area contributed by atoms with Gasteiger partial charge in [0.2, 0.25) is 17.7 Å². The second-order valence-corrected chi connectivity index (χ2v) is 8.88. The molecule has 2 aromatic rings. The van der Waals surface area contributed by atoms with Crippen molar-refractivity contribution < 1.29 is 19.1 Å². The molecule has 11 heteroatoms. The fourth-order valence-electron chi connectivity index (χ4n) is 4.04. The number of aromatic amines is 1. The highest BCUT2D eigenvalue weighted by Crippen LogP contribution is 2.34. The van der Waals surface area contributed by atoms with E-state index in [1.165, 1.54) is 13.3 Å². The summed E-state index contributed by atoms with van der Waals surface area (Å²) in [7, 11) is 1.45. The van der Waals surface area contributed by atoms with Crippen LogP contribution < -0.4 is 20.7 Å². The topological polar surface area (TPSA) is 149 Å². The first-order valence-corrected chi connectivity index (χ1v) is 11.3. The van der Waals surface area contributed by atoms with Crippen molar-refractivity contribution in [1.29, 1.82) is 5.26 Å². The molecule has 33 heavy (non-hydrogen) atoms. The third-order valence-corrected chi connectivity index (χ3v) is 6.43. The molecular weight excluding hydrogens is 448 g/mol. The Balaban J connectivity index is 1.45. The molecule has 3 heterocycles. The number of hydrogen-bond acceptors (Lipinski definition) is 6. The molecule has 1 saturated heterocycles. The van der Waals surface area contributed by atoms with E-state index >= 15 is 0 Å². The van der Waals surface area contributed by atoms with E-state index in [1.54, 1.807) is 6.07 Å². The lowest BCUT2D eigenvalue weighted by atomic mass is 9.98. The zero-order valence-corrected chi connectivity index (χ0v) is 18.9. The molecular formula is C22H25ClN6O4. The number of nitrogens with one attached hydrogen (secondary N) is 4. The molecule has 4 rings (SSSR count). The summed E-state index contributed by atoms with van der Waals surface area (Å²) >= 11 is 6.28. The van der Waals surface area contributed by atoms with Crippen LogP contribution in [0.3, 0.4) is 0 Å². The second kappa shape index (κ2) is 9.67. The van der Waals surface area contributed by atoms with E-state index in [1.807, 2.05) is 0 Å². The van der Waals surface area contributed by atoms with Crippen LogP contribution in [-0.2, 0) is 9.59 Å². The number of carbonyl (C=O) groups excluding carboxylic acids is 3. The summed E-state index contributed by atoms with van der Waals surface area (Å²) in [5.41, 5.74) is 0.795. The van der Waals surface area contributed by atoms with E-state index < -0.39 is 23.9 Å². The Labute approximate surface area is 195 Å². The molecule has 2 aromatic heterocycles.